The van der Waals surface area contributed by atoms with E-state index < -0.39 is 0 Å². The Labute approximate surface area is 199 Å². The number of hydrogen-bond donors (Lipinski definition) is 1. The van der Waals surface area contributed by atoms with E-state index in [0.717, 1.165) is 21.8 Å². The molecule has 8 heteroatoms. The van der Waals surface area contributed by atoms with Crippen LogP contribution >= 0.6 is 23.1 Å². The van der Waals surface area contributed by atoms with Gasteiger partial charge in [0.25, 0.3) is 5.56 Å². The summed E-state index contributed by atoms with van der Waals surface area (Å²) in [6, 6.07) is 19.3. The van der Waals surface area contributed by atoms with Gasteiger partial charge in [0.05, 0.1) is 18.2 Å². The highest BCUT2D eigenvalue weighted by molar-refractivity contribution is 7.99. The summed E-state index contributed by atoms with van der Waals surface area (Å²) in [5.74, 6) is 0.715. The van der Waals surface area contributed by atoms with Crippen molar-refractivity contribution in [3.05, 3.63) is 89.2 Å². The van der Waals surface area contributed by atoms with E-state index in [4.69, 9.17) is 9.72 Å². The fraction of sp³-hybridized carbons (Fsp3) is 0.160. The van der Waals surface area contributed by atoms with Gasteiger partial charge in [-0.05, 0) is 17.7 Å². The number of fused-ring (bicyclic) bond motifs is 1. The van der Waals surface area contributed by atoms with Gasteiger partial charge >= 0.3 is 0 Å². The number of carbonyl (C=O) groups excluding carboxylic acids is 1. The first-order chi connectivity index (χ1) is 16.1. The van der Waals surface area contributed by atoms with Crippen molar-refractivity contribution in [2.24, 2.45) is 0 Å². The zero-order valence-electron chi connectivity index (χ0n) is 18.1. The van der Waals surface area contributed by atoms with Crippen molar-refractivity contribution in [3.8, 4) is 16.2 Å². The normalized spacial score (nSPS) is 10.8. The summed E-state index contributed by atoms with van der Waals surface area (Å²) in [6.45, 7) is 4.44. The Morgan fingerprint density at radius 3 is 2.73 bits per heavy atom. The predicted molar refractivity (Wildman–Crippen MR) is 135 cm³/mol. The van der Waals surface area contributed by atoms with Crippen LogP contribution in [0.1, 0.15) is 5.56 Å². The number of hydrogen-bond acceptors (Lipinski definition) is 6. The number of thiophene rings is 1. The molecule has 0 fully saturated rings. The topological polar surface area (TPSA) is 73.2 Å². The van der Waals surface area contributed by atoms with Crippen molar-refractivity contribution < 1.29 is 9.53 Å². The number of aromatic nitrogens is 2. The highest BCUT2D eigenvalue weighted by Crippen LogP contribution is 2.32. The Kier molecular flexibility index (Phi) is 7.26. The maximum atomic E-state index is 13.2. The summed E-state index contributed by atoms with van der Waals surface area (Å²) in [5.41, 5.74) is 1.81. The maximum absolute atomic E-state index is 13.2. The molecule has 0 aliphatic rings. The van der Waals surface area contributed by atoms with Crippen LogP contribution in [0.25, 0.3) is 20.7 Å². The first-order valence-electron chi connectivity index (χ1n) is 10.3. The molecule has 168 valence electrons. The molecule has 2 heterocycles. The summed E-state index contributed by atoms with van der Waals surface area (Å²) < 4.78 is 6.89. The van der Waals surface area contributed by atoms with E-state index in [-0.39, 0.29) is 17.2 Å². The number of methoxy groups -OCH3 is 1. The van der Waals surface area contributed by atoms with Gasteiger partial charge in [-0.25, -0.2) is 4.98 Å². The average Bonchev–Trinajstić information content (AvgIpc) is 3.28. The largest absolute Gasteiger partial charge is 0.496 e. The van der Waals surface area contributed by atoms with E-state index in [9.17, 15) is 9.59 Å². The molecule has 4 rings (SSSR count). The Balaban J connectivity index is 1.53. The van der Waals surface area contributed by atoms with E-state index in [1.165, 1.54) is 23.1 Å². The van der Waals surface area contributed by atoms with Crippen LogP contribution in [-0.4, -0.2) is 28.3 Å². The SMILES string of the molecule is C=CCn1c(SCC(=O)NCc2ccccc2OC)nc2sc(-c3ccccc3)cc2c1=O. The van der Waals surface area contributed by atoms with Gasteiger partial charge in [-0.1, -0.05) is 66.4 Å². The van der Waals surface area contributed by atoms with Gasteiger partial charge in [0, 0.05) is 23.5 Å². The zero-order valence-corrected chi connectivity index (χ0v) is 19.7. The van der Waals surface area contributed by atoms with E-state index in [1.807, 2.05) is 60.7 Å². The second kappa shape index (κ2) is 10.5. The monoisotopic (exact) mass is 477 g/mol. The molecule has 0 bridgehead atoms. The van der Waals surface area contributed by atoms with Crippen LogP contribution in [0, 0.1) is 0 Å². The number of nitrogens with one attached hydrogen (secondary N) is 1. The van der Waals surface area contributed by atoms with Gasteiger partial charge in [0.15, 0.2) is 5.16 Å². The van der Waals surface area contributed by atoms with Crippen molar-refractivity contribution in [2.75, 3.05) is 12.9 Å². The molecule has 0 unspecified atom stereocenters. The lowest BCUT2D eigenvalue weighted by Crippen LogP contribution is -2.26. The predicted octanol–water partition coefficient (Wildman–Crippen LogP) is 4.73. The summed E-state index contributed by atoms with van der Waals surface area (Å²) in [7, 11) is 1.60. The van der Waals surface area contributed by atoms with Crippen LogP contribution in [0.15, 0.2) is 83.3 Å². The second-order valence-corrected chi connectivity index (χ2v) is 9.14. The number of rotatable bonds is 9. The van der Waals surface area contributed by atoms with Crippen LogP contribution in [0.2, 0.25) is 0 Å². The number of benzene rings is 2. The molecule has 0 spiro atoms. The van der Waals surface area contributed by atoms with Crippen LogP contribution in [0.3, 0.4) is 0 Å². The third-order valence-corrected chi connectivity index (χ3v) is 7.04. The van der Waals surface area contributed by atoms with Crippen LogP contribution in [0.4, 0.5) is 0 Å². The van der Waals surface area contributed by atoms with E-state index in [2.05, 4.69) is 11.9 Å². The highest BCUT2D eigenvalue weighted by Gasteiger charge is 2.16. The van der Waals surface area contributed by atoms with E-state index in [0.29, 0.717) is 28.5 Å². The van der Waals surface area contributed by atoms with Crippen LogP contribution in [0.5, 0.6) is 5.75 Å². The van der Waals surface area contributed by atoms with Gasteiger partial charge in [0.2, 0.25) is 5.91 Å². The Bertz CT molecular complexity index is 1350. The molecule has 0 aliphatic carbocycles. The molecule has 0 aliphatic heterocycles. The third-order valence-electron chi connectivity index (χ3n) is 4.99. The number of carbonyl (C=O) groups is 1. The molecule has 0 saturated heterocycles. The molecular formula is C25H23N3O3S2. The molecule has 2 aromatic heterocycles. The Morgan fingerprint density at radius 1 is 1.21 bits per heavy atom. The van der Waals surface area contributed by atoms with E-state index >= 15 is 0 Å². The van der Waals surface area contributed by atoms with Crippen molar-refractivity contribution in [1.29, 1.82) is 0 Å². The molecule has 0 radical (unpaired) electrons. The molecule has 33 heavy (non-hydrogen) atoms. The van der Waals surface area contributed by atoms with E-state index in [1.54, 1.807) is 17.8 Å². The maximum Gasteiger partial charge on any atom is 0.263 e. The molecule has 1 N–H and O–H groups in total. The minimum absolute atomic E-state index is 0.129. The molecule has 2 aromatic carbocycles. The van der Waals surface area contributed by atoms with Crippen LogP contribution < -0.4 is 15.6 Å². The molecule has 6 nitrogen and oxygen atoms in total. The number of ether oxygens (including phenoxy) is 1. The standard InChI is InChI=1S/C25H23N3O3S2/c1-3-13-28-24(30)19-14-21(17-9-5-4-6-10-17)33-23(19)27-25(28)32-16-22(29)26-15-18-11-7-8-12-20(18)31-2/h3-12,14H,1,13,15-16H2,2H3,(H,26,29). The number of para-hydroxylation sites is 1. The van der Waals surface area contributed by atoms with Crippen molar-refractivity contribution in [2.45, 2.75) is 18.2 Å². The lowest BCUT2D eigenvalue weighted by Gasteiger charge is -2.11. The van der Waals surface area contributed by atoms with Gasteiger partial charge in [0.1, 0.15) is 10.6 Å². The van der Waals surface area contributed by atoms with Crippen molar-refractivity contribution >= 4 is 39.2 Å². The fourth-order valence-electron chi connectivity index (χ4n) is 3.37. The molecule has 1 amide bonds. The Morgan fingerprint density at radius 2 is 1.97 bits per heavy atom. The van der Waals surface area contributed by atoms with Gasteiger partial charge < -0.3 is 10.1 Å². The highest BCUT2D eigenvalue weighted by atomic mass is 32.2. The smallest absolute Gasteiger partial charge is 0.263 e. The first-order valence-corrected chi connectivity index (χ1v) is 12.1. The molecule has 4 aromatic rings. The number of allylic oxidation sites excluding steroid dienone is 1. The fourth-order valence-corrected chi connectivity index (χ4v) is 5.28. The summed E-state index contributed by atoms with van der Waals surface area (Å²) in [4.78, 5) is 32.0. The number of amides is 1. The lowest BCUT2D eigenvalue weighted by atomic mass is 10.2. The van der Waals surface area contributed by atoms with Crippen molar-refractivity contribution in [1.82, 2.24) is 14.9 Å². The van der Waals surface area contributed by atoms with Gasteiger partial charge in [-0.15, -0.1) is 17.9 Å². The minimum Gasteiger partial charge on any atom is -0.496 e. The summed E-state index contributed by atoms with van der Waals surface area (Å²) in [6.07, 6.45) is 1.66. The number of thioether (sulfide) groups is 1. The second-order valence-electron chi connectivity index (χ2n) is 7.17. The summed E-state index contributed by atoms with van der Waals surface area (Å²) in [5, 5.41) is 3.98. The van der Waals surface area contributed by atoms with Crippen LogP contribution in [-0.2, 0) is 17.9 Å². The molecular weight excluding hydrogens is 454 g/mol. The zero-order chi connectivity index (χ0) is 23.2. The lowest BCUT2D eigenvalue weighted by molar-refractivity contribution is -0.118. The molecule has 0 atom stereocenters. The minimum atomic E-state index is -0.151. The van der Waals surface area contributed by atoms with Gasteiger partial charge in [-0.2, -0.15) is 0 Å². The third kappa shape index (κ3) is 5.18. The summed E-state index contributed by atoms with van der Waals surface area (Å²) >= 11 is 2.72. The molecule has 0 saturated carbocycles. The van der Waals surface area contributed by atoms with Crippen molar-refractivity contribution in [3.63, 3.8) is 0 Å². The van der Waals surface area contributed by atoms with Gasteiger partial charge in [-0.3, -0.25) is 14.2 Å². The Hall–Kier alpha value is -3.36. The quantitative estimate of drug-likeness (QED) is 0.214. The number of nitrogens with zero attached hydrogens (tertiary/aromatic N) is 2. The average molecular weight is 478 g/mol. The first kappa shape index (κ1) is 22.8.